The number of carbonyl (C=O) groups excluding carboxylic acids is 2. The molecule has 1 saturated heterocycles. The highest BCUT2D eigenvalue weighted by Crippen LogP contribution is 2.18. The molecule has 1 fully saturated rings. The zero-order valence-corrected chi connectivity index (χ0v) is 11.4. The first-order chi connectivity index (χ1) is 8.61. The Bertz CT molecular complexity index is 273. The minimum atomic E-state index is -0.333. The lowest BCUT2D eigenvalue weighted by atomic mass is 9.94. The van der Waals surface area contributed by atoms with Gasteiger partial charge in [0.15, 0.2) is 0 Å². The Morgan fingerprint density at radius 2 is 1.94 bits per heavy atom. The molecule has 0 bridgehead atoms. The maximum absolute atomic E-state index is 11.4. The highest BCUT2D eigenvalue weighted by molar-refractivity contribution is 5.81. The third kappa shape index (κ3) is 6.00. The van der Waals surface area contributed by atoms with E-state index in [4.69, 9.17) is 0 Å². The van der Waals surface area contributed by atoms with E-state index in [-0.39, 0.29) is 24.7 Å². The van der Waals surface area contributed by atoms with E-state index in [0.717, 1.165) is 25.4 Å². The van der Waals surface area contributed by atoms with Crippen LogP contribution in [0.15, 0.2) is 0 Å². The molecule has 1 heterocycles. The first kappa shape index (κ1) is 15.0. The van der Waals surface area contributed by atoms with E-state index >= 15 is 0 Å². The summed E-state index contributed by atoms with van der Waals surface area (Å²) in [5, 5.41) is 2.86. The number of amides is 1. The van der Waals surface area contributed by atoms with E-state index in [1.807, 2.05) is 0 Å². The topological polar surface area (TPSA) is 58.6 Å². The van der Waals surface area contributed by atoms with Gasteiger partial charge in [0.1, 0.15) is 0 Å². The van der Waals surface area contributed by atoms with Gasteiger partial charge in [0.2, 0.25) is 5.91 Å². The molecule has 0 unspecified atom stereocenters. The van der Waals surface area contributed by atoms with Crippen LogP contribution in [0.2, 0.25) is 0 Å². The second-order valence-electron chi connectivity index (χ2n) is 4.96. The molecule has 1 aliphatic rings. The van der Waals surface area contributed by atoms with Crippen molar-refractivity contribution in [1.82, 2.24) is 10.2 Å². The first-order valence-corrected chi connectivity index (χ1v) is 6.64. The van der Waals surface area contributed by atoms with Crippen molar-refractivity contribution in [3.8, 4) is 0 Å². The summed E-state index contributed by atoms with van der Waals surface area (Å²) in [4.78, 5) is 24.6. The smallest absolute Gasteiger partial charge is 0.306 e. The van der Waals surface area contributed by atoms with Gasteiger partial charge in [-0.15, -0.1) is 0 Å². The van der Waals surface area contributed by atoms with E-state index in [2.05, 4.69) is 22.0 Å². The molecular formula is C13H24N2O3. The van der Waals surface area contributed by atoms with Gasteiger partial charge in [-0.05, 0) is 45.3 Å². The summed E-state index contributed by atoms with van der Waals surface area (Å²) in [6.45, 7) is 3.02. The molecule has 0 aromatic carbocycles. The highest BCUT2D eigenvalue weighted by atomic mass is 16.5. The Kier molecular flexibility index (Phi) is 6.72. The van der Waals surface area contributed by atoms with Crippen LogP contribution < -0.4 is 5.32 Å². The number of ether oxygens (including phenoxy) is 1. The number of nitrogens with zero attached hydrogens (tertiary/aromatic N) is 1. The van der Waals surface area contributed by atoms with Gasteiger partial charge in [-0.3, -0.25) is 9.59 Å². The van der Waals surface area contributed by atoms with Crippen molar-refractivity contribution in [2.24, 2.45) is 5.92 Å². The maximum Gasteiger partial charge on any atom is 0.306 e. The Balaban J connectivity index is 2.03. The lowest BCUT2D eigenvalue weighted by Gasteiger charge is -2.28. The van der Waals surface area contributed by atoms with Crippen LogP contribution in [0.5, 0.6) is 0 Å². The highest BCUT2D eigenvalue weighted by Gasteiger charge is 2.16. The van der Waals surface area contributed by atoms with Crippen molar-refractivity contribution in [2.75, 3.05) is 33.8 Å². The molecular weight excluding hydrogens is 232 g/mol. The fourth-order valence-electron chi connectivity index (χ4n) is 2.17. The van der Waals surface area contributed by atoms with Crippen molar-refractivity contribution in [1.29, 1.82) is 0 Å². The molecule has 5 nitrogen and oxygen atoms in total. The normalized spacial score (nSPS) is 17.4. The molecule has 0 radical (unpaired) electrons. The summed E-state index contributed by atoms with van der Waals surface area (Å²) in [5.41, 5.74) is 0. The number of methoxy groups -OCH3 is 1. The molecule has 18 heavy (non-hydrogen) atoms. The predicted octanol–water partition coefficient (Wildman–Crippen LogP) is 0.788. The summed E-state index contributed by atoms with van der Waals surface area (Å²) >= 11 is 0. The fourth-order valence-corrected chi connectivity index (χ4v) is 2.17. The number of likely N-dealkylation sites (tertiary alicyclic amines) is 1. The molecule has 0 saturated carbocycles. The minimum Gasteiger partial charge on any atom is -0.469 e. The van der Waals surface area contributed by atoms with Gasteiger partial charge < -0.3 is 15.0 Å². The summed E-state index contributed by atoms with van der Waals surface area (Å²) in [6, 6.07) is 0. The Morgan fingerprint density at radius 3 is 2.56 bits per heavy atom. The minimum absolute atomic E-state index is 0.0617. The number of nitrogens with one attached hydrogen (secondary N) is 1. The number of esters is 1. The molecule has 1 amide bonds. The predicted molar refractivity (Wildman–Crippen MR) is 69.1 cm³/mol. The van der Waals surface area contributed by atoms with E-state index in [1.54, 1.807) is 0 Å². The van der Waals surface area contributed by atoms with Crippen molar-refractivity contribution in [3.05, 3.63) is 0 Å². The molecule has 5 heteroatoms. The van der Waals surface area contributed by atoms with Gasteiger partial charge in [-0.2, -0.15) is 0 Å². The molecule has 0 aromatic heterocycles. The number of hydrogen-bond donors (Lipinski definition) is 1. The largest absolute Gasteiger partial charge is 0.469 e. The van der Waals surface area contributed by atoms with Gasteiger partial charge in [-0.25, -0.2) is 0 Å². The van der Waals surface area contributed by atoms with Gasteiger partial charge in [0, 0.05) is 13.0 Å². The van der Waals surface area contributed by atoms with Crippen LogP contribution in [0.25, 0.3) is 0 Å². The third-order valence-electron chi connectivity index (χ3n) is 3.50. The number of rotatable bonds is 6. The van der Waals surface area contributed by atoms with Crippen molar-refractivity contribution in [3.63, 3.8) is 0 Å². The van der Waals surface area contributed by atoms with Crippen LogP contribution in [0, 0.1) is 5.92 Å². The van der Waals surface area contributed by atoms with Crippen molar-refractivity contribution < 1.29 is 14.3 Å². The van der Waals surface area contributed by atoms with E-state index in [9.17, 15) is 9.59 Å². The maximum atomic E-state index is 11.4. The monoisotopic (exact) mass is 256 g/mol. The van der Waals surface area contributed by atoms with Crippen LogP contribution in [0.4, 0.5) is 0 Å². The third-order valence-corrected chi connectivity index (χ3v) is 3.50. The van der Waals surface area contributed by atoms with Gasteiger partial charge in [0.25, 0.3) is 0 Å². The Hall–Kier alpha value is -1.10. The second-order valence-corrected chi connectivity index (χ2v) is 4.96. The molecule has 1 aliphatic heterocycles. The average molecular weight is 256 g/mol. The van der Waals surface area contributed by atoms with Crippen LogP contribution in [0.1, 0.15) is 32.1 Å². The number of piperidine rings is 1. The molecule has 0 atom stereocenters. The van der Waals surface area contributed by atoms with Gasteiger partial charge in [0.05, 0.1) is 13.5 Å². The van der Waals surface area contributed by atoms with Crippen LogP contribution in [0.3, 0.4) is 0 Å². The Morgan fingerprint density at radius 1 is 1.28 bits per heavy atom. The van der Waals surface area contributed by atoms with Crippen molar-refractivity contribution >= 4 is 11.9 Å². The second kappa shape index (κ2) is 8.08. The van der Waals surface area contributed by atoms with E-state index in [0.29, 0.717) is 6.54 Å². The molecule has 0 aliphatic carbocycles. The Labute approximate surface area is 109 Å². The zero-order chi connectivity index (χ0) is 13.4. The van der Waals surface area contributed by atoms with Gasteiger partial charge in [-0.1, -0.05) is 0 Å². The molecule has 1 rings (SSSR count). The lowest BCUT2D eigenvalue weighted by molar-refractivity contribution is -0.142. The van der Waals surface area contributed by atoms with E-state index < -0.39 is 0 Å². The molecule has 104 valence electrons. The zero-order valence-electron chi connectivity index (χ0n) is 11.4. The SMILES string of the molecule is COC(=O)CCC(=O)NCCC1CCN(C)CC1. The summed E-state index contributed by atoms with van der Waals surface area (Å²) in [7, 11) is 3.48. The summed E-state index contributed by atoms with van der Waals surface area (Å²) in [6.07, 6.45) is 3.86. The van der Waals surface area contributed by atoms with Crippen LogP contribution in [-0.4, -0.2) is 50.6 Å². The fraction of sp³-hybridized carbons (Fsp3) is 0.846. The molecule has 0 aromatic rings. The van der Waals surface area contributed by atoms with Crippen LogP contribution >= 0.6 is 0 Å². The number of carbonyl (C=O) groups is 2. The number of hydrogen-bond acceptors (Lipinski definition) is 4. The quantitative estimate of drug-likeness (QED) is 0.714. The van der Waals surface area contributed by atoms with E-state index in [1.165, 1.54) is 20.0 Å². The summed E-state index contributed by atoms with van der Waals surface area (Å²) < 4.78 is 4.49. The first-order valence-electron chi connectivity index (χ1n) is 6.64. The van der Waals surface area contributed by atoms with Crippen molar-refractivity contribution in [2.45, 2.75) is 32.1 Å². The van der Waals surface area contributed by atoms with Crippen LogP contribution in [-0.2, 0) is 14.3 Å². The molecule has 1 N–H and O–H groups in total. The lowest BCUT2D eigenvalue weighted by Crippen LogP contribution is -2.32. The van der Waals surface area contributed by atoms with Gasteiger partial charge >= 0.3 is 5.97 Å². The average Bonchev–Trinajstić information content (AvgIpc) is 2.38. The molecule has 0 spiro atoms. The summed E-state index contributed by atoms with van der Waals surface area (Å²) in [5.74, 6) is 0.330. The standard InChI is InChI=1S/C13H24N2O3/c1-15-9-6-11(7-10-15)5-8-14-12(16)3-4-13(17)18-2/h11H,3-10H2,1-2H3,(H,14,16).